The lowest BCUT2D eigenvalue weighted by Gasteiger charge is -2.44. The SMILES string of the molecule is COC(=O)C1=C(C(=O)OC)[C@@H]2O[C@H]1[C@@H]1C3=C(CCCCCC3)[C@@H]12. The summed E-state index contributed by atoms with van der Waals surface area (Å²) in [5.74, 6) is -0.404. The van der Waals surface area contributed by atoms with Gasteiger partial charge < -0.3 is 14.2 Å². The number of ether oxygens (including phenoxy) is 3. The monoisotopic (exact) mass is 318 g/mol. The summed E-state index contributed by atoms with van der Waals surface area (Å²) in [6.07, 6.45) is 6.51. The summed E-state index contributed by atoms with van der Waals surface area (Å²) in [4.78, 5) is 24.4. The average molecular weight is 318 g/mol. The fourth-order valence-electron chi connectivity index (χ4n) is 4.95. The molecular weight excluding hydrogens is 296 g/mol. The lowest BCUT2D eigenvalue weighted by molar-refractivity contribution is -0.139. The van der Waals surface area contributed by atoms with Gasteiger partial charge in [0.25, 0.3) is 0 Å². The fraction of sp³-hybridized carbons (Fsp3) is 0.667. The van der Waals surface area contributed by atoms with Crippen LogP contribution in [0.25, 0.3) is 0 Å². The molecule has 0 N–H and O–H groups in total. The Morgan fingerprint density at radius 1 is 0.826 bits per heavy atom. The summed E-state index contributed by atoms with van der Waals surface area (Å²) in [7, 11) is 2.68. The molecule has 4 aliphatic rings. The van der Waals surface area contributed by atoms with Gasteiger partial charge >= 0.3 is 11.9 Å². The number of hydrogen-bond acceptors (Lipinski definition) is 5. The Hall–Kier alpha value is -1.62. The van der Waals surface area contributed by atoms with Gasteiger partial charge in [-0.2, -0.15) is 0 Å². The number of hydrogen-bond donors (Lipinski definition) is 0. The van der Waals surface area contributed by atoms with Crippen LogP contribution in [-0.2, 0) is 23.8 Å². The van der Waals surface area contributed by atoms with Crippen LogP contribution in [0.15, 0.2) is 22.3 Å². The zero-order valence-corrected chi connectivity index (χ0v) is 13.6. The maximum atomic E-state index is 12.2. The van der Waals surface area contributed by atoms with Crippen molar-refractivity contribution in [1.82, 2.24) is 0 Å². The maximum absolute atomic E-state index is 12.2. The first-order valence-electron chi connectivity index (χ1n) is 8.47. The van der Waals surface area contributed by atoms with Crippen LogP contribution in [0.4, 0.5) is 0 Å². The Labute approximate surface area is 135 Å². The van der Waals surface area contributed by atoms with Crippen LogP contribution in [0, 0.1) is 11.8 Å². The third-order valence-electron chi connectivity index (χ3n) is 5.86. The van der Waals surface area contributed by atoms with Crippen LogP contribution in [0.2, 0.25) is 0 Å². The zero-order chi connectivity index (χ0) is 16.1. The summed E-state index contributed by atoms with van der Waals surface area (Å²) < 4.78 is 15.9. The highest BCUT2D eigenvalue weighted by atomic mass is 16.5. The predicted octanol–water partition coefficient (Wildman–Crippen LogP) is 2.31. The Bertz CT molecular complexity index is 577. The van der Waals surface area contributed by atoms with Crippen LogP contribution >= 0.6 is 0 Å². The van der Waals surface area contributed by atoms with Crippen molar-refractivity contribution in [1.29, 1.82) is 0 Å². The summed E-state index contributed by atoms with van der Waals surface area (Å²) >= 11 is 0. The van der Waals surface area contributed by atoms with E-state index < -0.39 is 11.9 Å². The molecule has 5 nitrogen and oxygen atoms in total. The molecule has 0 aromatic heterocycles. The van der Waals surface area contributed by atoms with E-state index in [1.165, 1.54) is 51.0 Å². The second-order valence-electron chi connectivity index (χ2n) is 6.80. The highest BCUT2D eigenvalue weighted by Gasteiger charge is 2.63. The van der Waals surface area contributed by atoms with Crippen molar-refractivity contribution >= 4 is 11.9 Å². The average Bonchev–Trinajstić information content (AvgIpc) is 3.05. The molecule has 4 rings (SSSR count). The van der Waals surface area contributed by atoms with E-state index in [9.17, 15) is 9.59 Å². The van der Waals surface area contributed by atoms with Gasteiger partial charge in [0.15, 0.2) is 0 Å². The molecule has 2 heterocycles. The van der Waals surface area contributed by atoms with Gasteiger partial charge in [-0.3, -0.25) is 0 Å². The largest absolute Gasteiger partial charge is 0.466 e. The third-order valence-corrected chi connectivity index (χ3v) is 5.86. The van der Waals surface area contributed by atoms with E-state index in [1.807, 2.05) is 0 Å². The van der Waals surface area contributed by atoms with Crippen molar-refractivity contribution in [3.8, 4) is 0 Å². The highest BCUT2D eigenvalue weighted by Crippen LogP contribution is 2.61. The second kappa shape index (κ2) is 5.48. The standard InChI is InChI=1S/C18H22O5/c1-21-17(19)13-14(18(20)22-2)16-12-10-8-6-4-3-5-7-9(10)11(12)15(13)23-16/h11-12,15-16H,3-8H2,1-2H3/t11-,12+,15+,16-. The quantitative estimate of drug-likeness (QED) is 0.577. The Morgan fingerprint density at radius 2 is 1.26 bits per heavy atom. The summed E-state index contributed by atoms with van der Waals surface area (Å²) in [5, 5.41) is 0. The molecule has 0 aromatic rings. The second-order valence-corrected chi connectivity index (χ2v) is 6.80. The molecule has 0 radical (unpaired) electrons. The van der Waals surface area contributed by atoms with Crippen molar-refractivity contribution in [3.05, 3.63) is 22.3 Å². The van der Waals surface area contributed by atoms with Crippen LogP contribution < -0.4 is 0 Å². The molecular formula is C18H22O5. The number of esters is 2. The minimum atomic E-state index is -0.462. The molecule has 23 heavy (non-hydrogen) atoms. The molecule has 0 spiro atoms. The molecule has 1 fully saturated rings. The van der Waals surface area contributed by atoms with Crippen molar-refractivity contribution in [3.63, 3.8) is 0 Å². The molecule has 2 bridgehead atoms. The molecule has 0 aromatic carbocycles. The van der Waals surface area contributed by atoms with Crippen LogP contribution in [0.5, 0.6) is 0 Å². The number of carbonyl (C=O) groups is 2. The van der Waals surface area contributed by atoms with E-state index in [-0.39, 0.29) is 24.0 Å². The first-order chi connectivity index (χ1) is 11.2. The van der Waals surface area contributed by atoms with Crippen molar-refractivity contribution in [2.75, 3.05) is 14.2 Å². The van der Waals surface area contributed by atoms with E-state index in [2.05, 4.69) is 0 Å². The minimum Gasteiger partial charge on any atom is -0.466 e. The third kappa shape index (κ3) is 1.95. The molecule has 0 unspecified atom stereocenters. The number of rotatable bonds is 2. The molecule has 0 amide bonds. The summed E-state index contributed by atoms with van der Waals surface area (Å²) in [6, 6.07) is 0. The van der Waals surface area contributed by atoms with E-state index >= 15 is 0 Å². The molecule has 1 saturated heterocycles. The molecule has 5 heteroatoms. The smallest absolute Gasteiger partial charge is 0.337 e. The topological polar surface area (TPSA) is 61.8 Å². The van der Waals surface area contributed by atoms with Gasteiger partial charge in [-0.15, -0.1) is 0 Å². The van der Waals surface area contributed by atoms with E-state index in [4.69, 9.17) is 14.2 Å². The molecule has 0 saturated carbocycles. The fourth-order valence-corrected chi connectivity index (χ4v) is 4.95. The van der Waals surface area contributed by atoms with Crippen molar-refractivity contribution in [2.24, 2.45) is 11.8 Å². The van der Waals surface area contributed by atoms with Crippen molar-refractivity contribution in [2.45, 2.75) is 50.7 Å². The Kier molecular flexibility index (Phi) is 3.56. The van der Waals surface area contributed by atoms with Gasteiger partial charge in [-0.25, -0.2) is 9.59 Å². The number of methoxy groups -OCH3 is 2. The van der Waals surface area contributed by atoms with E-state index in [1.54, 1.807) is 0 Å². The zero-order valence-electron chi connectivity index (χ0n) is 13.6. The highest BCUT2D eigenvalue weighted by molar-refractivity contribution is 6.03. The number of fused-ring (bicyclic) bond motifs is 7. The molecule has 124 valence electrons. The first kappa shape index (κ1) is 14.9. The van der Waals surface area contributed by atoms with Gasteiger partial charge in [-0.1, -0.05) is 24.0 Å². The lowest BCUT2D eigenvalue weighted by Crippen LogP contribution is -2.44. The van der Waals surface area contributed by atoms with Gasteiger partial charge in [-0.05, 0) is 25.7 Å². The normalized spacial score (nSPS) is 35.0. The summed E-state index contributed by atoms with van der Waals surface area (Å²) in [5.41, 5.74) is 3.73. The molecule has 2 aliphatic heterocycles. The van der Waals surface area contributed by atoms with Gasteiger partial charge in [0.2, 0.25) is 0 Å². The number of carbonyl (C=O) groups excluding carboxylic acids is 2. The van der Waals surface area contributed by atoms with Crippen LogP contribution in [0.1, 0.15) is 38.5 Å². The Balaban J connectivity index is 1.72. The summed E-state index contributed by atoms with van der Waals surface area (Å²) in [6.45, 7) is 0. The van der Waals surface area contributed by atoms with E-state index in [0.717, 1.165) is 12.8 Å². The van der Waals surface area contributed by atoms with Crippen LogP contribution in [-0.4, -0.2) is 38.4 Å². The maximum Gasteiger partial charge on any atom is 0.337 e. The Morgan fingerprint density at radius 3 is 1.65 bits per heavy atom. The van der Waals surface area contributed by atoms with Gasteiger partial charge in [0.05, 0.1) is 37.6 Å². The van der Waals surface area contributed by atoms with Gasteiger partial charge in [0, 0.05) is 11.8 Å². The first-order valence-corrected chi connectivity index (χ1v) is 8.47. The molecule has 4 atom stereocenters. The lowest BCUT2D eigenvalue weighted by atomic mass is 9.57. The molecule has 2 aliphatic carbocycles. The minimum absolute atomic E-state index is 0.260. The van der Waals surface area contributed by atoms with E-state index in [0.29, 0.717) is 11.1 Å². The van der Waals surface area contributed by atoms with Crippen molar-refractivity contribution < 1.29 is 23.8 Å². The van der Waals surface area contributed by atoms with Gasteiger partial charge in [0.1, 0.15) is 0 Å². The van der Waals surface area contributed by atoms with Crippen LogP contribution in [0.3, 0.4) is 0 Å². The predicted molar refractivity (Wildman–Crippen MR) is 81.4 cm³/mol.